The molecule has 0 radical (unpaired) electrons. The van der Waals surface area contributed by atoms with Gasteiger partial charge >= 0.3 is 12.4 Å². The Bertz CT molecular complexity index is 2260. The van der Waals surface area contributed by atoms with Crippen molar-refractivity contribution in [3.05, 3.63) is 79.3 Å². The first kappa shape index (κ1) is 36.4. The Morgan fingerprint density at radius 3 is 2.41 bits per heavy atom. The lowest BCUT2D eigenvalue weighted by atomic mass is 10.00. The molecule has 1 N–H and O–H groups in total. The van der Waals surface area contributed by atoms with Crippen molar-refractivity contribution in [3.63, 3.8) is 0 Å². The molecule has 0 spiro atoms. The Kier molecular flexibility index (Phi) is 9.70. The molecule has 2 aromatic carbocycles. The van der Waals surface area contributed by atoms with Crippen molar-refractivity contribution in [1.29, 1.82) is 5.26 Å². The third kappa shape index (κ3) is 6.95. The van der Waals surface area contributed by atoms with Gasteiger partial charge in [-0.3, -0.25) is 14.3 Å². The fourth-order valence-electron chi connectivity index (χ4n) is 6.24. The molecule has 4 heterocycles. The summed E-state index contributed by atoms with van der Waals surface area (Å²) in [5.41, 5.74) is -1.91. The van der Waals surface area contributed by atoms with Gasteiger partial charge in [0.2, 0.25) is 0 Å². The molecular weight excluding hydrogens is 722 g/mol. The van der Waals surface area contributed by atoms with E-state index in [-0.39, 0.29) is 65.5 Å². The Morgan fingerprint density at radius 1 is 1.06 bits per heavy atom. The summed E-state index contributed by atoms with van der Waals surface area (Å²) in [6, 6.07) is 9.00. The van der Waals surface area contributed by atoms with Gasteiger partial charge in [-0.05, 0) is 56.6 Å². The molecule has 6 rings (SSSR count). The number of alkyl halides is 6. The van der Waals surface area contributed by atoms with Crippen molar-refractivity contribution < 1.29 is 36.2 Å². The maximum Gasteiger partial charge on any atom is 0.418 e. The minimum Gasteiger partial charge on any atom is -0.491 e. The number of thiophene rings is 1. The molecule has 51 heavy (non-hydrogen) atoms. The first-order chi connectivity index (χ1) is 24.0. The van der Waals surface area contributed by atoms with Gasteiger partial charge < -0.3 is 19.6 Å². The fraction of sp³-hybridized carbons (Fsp3) is 0.353. The lowest BCUT2D eigenvalue weighted by molar-refractivity contribution is -0.206. The number of nitriles is 1. The summed E-state index contributed by atoms with van der Waals surface area (Å²) in [6.07, 6.45) is -12.5. The maximum atomic E-state index is 14.4. The molecule has 1 aliphatic rings. The van der Waals surface area contributed by atoms with Gasteiger partial charge in [-0.2, -0.15) is 31.6 Å². The number of aliphatic hydroxyl groups excluding tert-OH is 1. The van der Waals surface area contributed by atoms with Crippen LogP contribution in [0.5, 0.6) is 5.75 Å². The number of aryl methyl sites for hydroxylation is 2. The highest BCUT2D eigenvalue weighted by Gasteiger charge is 2.41. The summed E-state index contributed by atoms with van der Waals surface area (Å²) >= 11 is 7.30. The molecule has 17 heteroatoms. The Morgan fingerprint density at radius 2 is 1.76 bits per heavy atom. The van der Waals surface area contributed by atoms with Crippen molar-refractivity contribution in [2.24, 2.45) is 0 Å². The average molecular weight is 751 g/mol. The van der Waals surface area contributed by atoms with E-state index in [2.05, 4.69) is 9.97 Å². The molecule has 0 aliphatic carbocycles. The smallest absolute Gasteiger partial charge is 0.418 e. The molecule has 268 valence electrons. The van der Waals surface area contributed by atoms with E-state index in [4.69, 9.17) is 16.3 Å². The van der Waals surface area contributed by atoms with Crippen molar-refractivity contribution in [2.45, 2.75) is 38.8 Å². The second kappa shape index (κ2) is 13.6. The normalized spacial score (nSPS) is 15.1. The first-order valence-electron chi connectivity index (χ1n) is 15.5. The van der Waals surface area contributed by atoms with E-state index in [1.54, 1.807) is 31.2 Å². The van der Waals surface area contributed by atoms with Gasteiger partial charge in [-0.25, -0.2) is 4.98 Å². The van der Waals surface area contributed by atoms with Crippen LogP contribution in [-0.4, -0.2) is 70.6 Å². The lowest BCUT2D eigenvalue weighted by Crippen LogP contribution is -2.45. The molecule has 9 nitrogen and oxygen atoms in total. The van der Waals surface area contributed by atoms with Crippen LogP contribution >= 0.6 is 22.9 Å². The van der Waals surface area contributed by atoms with E-state index in [0.29, 0.717) is 39.6 Å². The van der Waals surface area contributed by atoms with E-state index in [9.17, 15) is 41.5 Å². The molecular formula is C34H29ClF6N6O3S. The van der Waals surface area contributed by atoms with E-state index < -0.39 is 35.1 Å². The summed E-state index contributed by atoms with van der Waals surface area (Å²) < 4.78 is 91.0. The zero-order valence-corrected chi connectivity index (χ0v) is 28.9. The quantitative estimate of drug-likeness (QED) is 0.173. The number of anilines is 1. The van der Waals surface area contributed by atoms with Gasteiger partial charge in [0.1, 0.15) is 24.3 Å². The monoisotopic (exact) mass is 750 g/mol. The molecule has 1 fully saturated rings. The SMILES string of the molecule is Cc1cc(-c2cc(Cl)ccc2OCCn2c(C)nc3cc(C(F)(F)F)c(N4CCN(C)CC4)c(C#N)c3c2=O)c2scc(C(O)C(F)(F)F)c2n1. The number of benzene rings is 2. The summed E-state index contributed by atoms with van der Waals surface area (Å²) in [5, 5.41) is 21.5. The number of ether oxygens (including phenoxy) is 1. The van der Waals surface area contributed by atoms with Crippen LogP contribution in [0.4, 0.5) is 32.0 Å². The highest BCUT2D eigenvalue weighted by Crippen LogP contribution is 2.44. The van der Waals surface area contributed by atoms with Crippen molar-refractivity contribution >= 4 is 49.7 Å². The number of fused-ring (bicyclic) bond motifs is 2. The predicted molar refractivity (Wildman–Crippen MR) is 181 cm³/mol. The number of nitrogens with zero attached hydrogens (tertiary/aromatic N) is 6. The highest BCUT2D eigenvalue weighted by atomic mass is 35.5. The van der Waals surface area contributed by atoms with Gasteiger partial charge in [0.15, 0.2) is 6.10 Å². The van der Waals surface area contributed by atoms with Gasteiger partial charge in [0.25, 0.3) is 5.56 Å². The van der Waals surface area contributed by atoms with Crippen LogP contribution in [0, 0.1) is 25.2 Å². The summed E-state index contributed by atoms with van der Waals surface area (Å²) in [7, 11) is 1.84. The zero-order chi connectivity index (χ0) is 37.0. The zero-order valence-electron chi connectivity index (χ0n) is 27.3. The number of rotatable bonds is 7. The number of aliphatic hydroxyl groups is 1. The van der Waals surface area contributed by atoms with Crippen LogP contribution in [0.15, 0.2) is 40.5 Å². The molecule has 1 saturated heterocycles. The van der Waals surface area contributed by atoms with Gasteiger partial charge in [-0.1, -0.05) is 11.6 Å². The van der Waals surface area contributed by atoms with E-state index in [0.717, 1.165) is 17.4 Å². The highest BCUT2D eigenvalue weighted by molar-refractivity contribution is 7.18. The Balaban J connectivity index is 1.37. The van der Waals surface area contributed by atoms with E-state index in [1.165, 1.54) is 21.8 Å². The molecule has 1 aliphatic heterocycles. The third-order valence-electron chi connectivity index (χ3n) is 8.73. The van der Waals surface area contributed by atoms with Crippen molar-refractivity contribution in [2.75, 3.05) is 44.7 Å². The van der Waals surface area contributed by atoms with Crippen LogP contribution < -0.4 is 15.2 Å². The minimum atomic E-state index is -4.90. The number of piperazine rings is 1. The number of pyridine rings is 1. The second-order valence-corrected chi connectivity index (χ2v) is 13.5. The van der Waals surface area contributed by atoms with Crippen molar-refractivity contribution in [1.82, 2.24) is 19.4 Å². The van der Waals surface area contributed by atoms with Crippen LogP contribution in [0.1, 0.15) is 34.3 Å². The average Bonchev–Trinajstić information content (AvgIpc) is 3.48. The number of likely N-dealkylation sites (N-methyl/N-ethyl adjacent to an activating group) is 1. The predicted octanol–water partition coefficient (Wildman–Crippen LogP) is 7.26. The fourth-order valence-corrected chi connectivity index (χ4v) is 7.47. The Hall–Kier alpha value is -4.43. The minimum absolute atomic E-state index is 0.0203. The number of aromatic nitrogens is 3. The standard InChI is InChI=1S/C34H29ClF6N6O3S/c1-17-12-21(30-28(43-17)23(16-51-30)31(48)34(39,40)41)20-13-19(35)4-5-26(20)50-11-10-47-18(2)44-25-14-24(33(36,37)38)29(22(15-42)27(25)32(47)49)46-8-6-45(3)7-9-46/h4-5,12-14,16,31,48H,6-11H2,1-3H3. The molecule has 0 amide bonds. The van der Waals surface area contributed by atoms with Crippen LogP contribution in [0.25, 0.3) is 32.2 Å². The van der Waals surface area contributed by atoms with Gasteiger partial charge in [0.05, 0.1) is 44.5 Å². The number of hydrogen-bond acceptors (Lipinski definition) is 9. The molecule has 0 bridgehead atoms. The van der Waals surface area contributed by atoms with Crippen LogP contribution in [0.2, 0.25) is 5.02 Å². The van der Waals surface area contributed by atoms with Gasteiger partial charge in [0, 0.05) is 53.6 Å². The molecule has 1 atom stereocenters. The van der Waals surface area contributed by atoms with Crippen molar-refractivity contribution in [3.8, 4) is 22.9 Å². The summed E-state index contributed by atoms with van der Waals surface area (Å²) in [5.74, 6) is 0.361. The van der Waals surface area contributed by atoms with Gasteiger partial charge in [-0.15, -0.1) is 11.3 Å². The Labute approximate surface area is 295 Å². The molecule has 5 aromatic rings. The third-order valence-corrected chi connectivity index (χ3v) is 9.99. The topological polar surface area (TPSA) is 108 Å². The van der Waals surface area contributed by atoms with E-state index in [1.807, 2.05) is 18.0 Å². The summed E-state index contributed by atoms with van der Waals surface area (Å²) in [4.78, 5) is 26.0. The number of hydrogen-bond donors (Lipinski definition) is 1. The largest absolute Gasteiger partial charge is 0.491 e. The lowest BCUT2D eigenvalue weighted by Gasteiger charge is -2.36. The summed E-state index contributed by atoms with van der Waals surface area (Å²) in [6.45, 7) is 4.18. The second-order valence-electron chi connectivity index (χ2n) is 12.2. The maximum absolute atomic E-state index is 14.4. The molecule has 3 aromatic heterocycles. The number of halogens is 7. The molecule has 1 unspecified atom stereocenters. The van der Waals surface area contributed by atoms with Crippen LogP contribution in [-0.2, 0) is 12.7 Å². The first-order valence-corrected chi connectivity index (χ1v) is 16.8. The van der Waals surface area contributed by atoms with E-state index >= 15 is 0 Å². The molecule has 0 saturated carbocycles. The van der Waals surface area contributed by atoms with Crippen LogP contribution in [0.3, 0.4) is 0 Å².